The van der Waals surface area contributed by atoms with Crippen LogP contribution >= 0.6 is 0 Å². The molecule has 0 saturated heterocycles. The third-order valence-electron chi connectivity index (χ3n) is 2.82. The molecule has 1 aliphatic rings. The van der Waals surface area contributed by atoms with Crippen LogP contribution in [0.1, 0.15) is 26.2 Å². The maximum Gasteiger partial charge on any atom is 0.234 e. The van der Waals surface area contributed by atoms with Crippen LogP contribution in [0.2, 0.25) is 0 Å². The van der Waals surface area contributed by atoms with Gasteiger partial charge in [-0.25, -0.2) is 0 Å². The summed E-state index contributed by atoms with van der Waals surface area (Å²) >= 11 is 0. The molecule has 1 unspecified atom stereocenters. The molecule has 1 amide bonds. The van der Waals surface area contributed by atoms with Crippen molar-refractivity contribution in [3.63, 3.8) is 0 Å². The lowest BCUT2D eigenvalue weighted by Gasteiger charge is -2.21. The number of likely N-dealkylation sites (N-methyl/N-ethyl adjacent to an activating group) is 1. The molecule has 4 nitrogen and oxygen atoms in total. The van der Waals surface area contributed by atoms with Gasteiger partial charge in [-0.3, -0.25) is 9.69 Å². The lowest BCUT2D eigenvalue weighted by atomic mass is 10.2. The third kappa shape index (κ3) is 4.80. The Morgan fingerprint density at radius 3 is 2.87 bits per heavy atom. The summed E-state index contributed by atoms with van der Waals surface area (Å²) in [5.41, 5.74) is 0. The van der Waals surface area contributed by atoms with Crippen molar-refractivity contribution in [1.82, 2.24) is 10.2 Å². The number of carbonyl (C=O) groups excluding carboxylic acids is 1. The smallest absolute Gasteiger partial charge is 0.234 e. The fourth-order valence-corrected chi connectivity index (χ4v) is 1.31. The Balaban J connectivity index is 2.14. The molecule has 1 aliphatic carbocycles. The van der Waals surface area contributed by atoms with Gasteiger partial charge in [0.05, 0.1) is 19.0 Å². The van der Waals surface area contributed by atoms with Crippen LogP contribution < -0.4 is 5.32 Å². The Labute approximate surface area is 91.2 Å². The van der Waals surface area contributed by atoms with Crippen LogP contribution in [0.3, 0.4) is 0 Å². The molecule has 84 valence electrons. The highest BCUT2D eigenvalue weighted by Gasteiger charge is 2.22. The first-order chi connectivity index (χ1) is 7.13. The van der Waals surface area contributed by atoms with Crippen molar-refractivity contribution >= 4 is 5.91 Å². The number of nitrogens with one attached hydrogen (secondary N) is 1. The normalized spacial score (nSPS) is 17.2. The first kappa shape index (κ1) is 12.0. The number of hydrogen-bond acceptors (Lipinski definition) is 3. The van der Waals surface area contributed by atoms with Gasteiger partial charge in [0.1, 0.15) is 0 Å². The summed E-state index contributed by atoms with van der Waals surface area (Å²) in [6.45, 7) is 3.16. The second-order valence-corrected chi connectivity index (χ2v) is 4.37. The second-order valence-electron chi connectivity index (χ2n) is 4.37. The highest BCUT2D eigenvalue weighted by atomic mass is 16.2. The molecule has 1 saturated carbocycles. The van der Waals surface area contributed by atoms with Gasteiger partial charge in [-0.1, -0.05) is 0 Å². The van der Waals surface area contributed by atoms with E-state index in [2.05, 4.69) is 11.4 Å². The molecule has 0 aromatic carbocycles. The van der Waals surface area contributed by atoms with E-state index in [9.17, 15) is 4.79 Å². The molecule has 4 heteroatoms. The molecule has 15 heavy (non-hydrogen) atoms. The van der Waals surface area contributed by atoms with Gasteiger partial charge < -0.3 is 5.32 Å². The Bertz CT molecular complexity index is 255. The van der Waals surface area contributed by atoms with E-state index in [0.717, 1.165) is 12.5 Å². The van der Waals surface area contributed by atoms with E-state index in [4.69, 9.17) is 5.26 Å². The number of nitrogens with zero attached hydrogens (tertiary/aromatic N) is 2. The molecule has 1 atom stereocenters. The van der Waals surface area contributed by atoms with Crippen LogP contribution in [0, 0.1) is 17.2 Å². The van der Waals surface area contributed by atoms with Gasteiger partial charge in [0.2, 0.25) is 5.91 Å². The standard InChI is InChI=1S/C11H19N3O/c1-9(5-6-12)14(2)8-11(15)13-7-10-3-4-10/h9-10H,3-5,7-8H2,1-2H3,(H,13,15). The van der Waals surface area contributed by atoms with E-state index < -0.39 is 0 Å². The second kappa shape index (κ2) is 5.72. The molecule has 0 aliphatic heterocycles. The van der Waals surface area contributed by atoms with Crippen LogP contribution in [-0.2, 0) is 4.79 Å². The molecular formula is C11H19N3O. The molecule has 1 rings (SSSR count). The predicted molar refractivity (Wildman–Crippen MR) is 58.1 cm³/mol. The van der Waals surface area contributed by atoms with E-state index in [1.165, 1.54) is 12.8 Å². The number of carbonyl (C=O) groups is 1. The summed E-state index contributed by atoms with van der Waals surface area (Å²) in [4.78, 5) is 13.4. The van der Waals surface area contributed by atoms with Gasteiger partial charge in [-0.15, -0.1) is 0 Å². The highest BCUT2D eigenvalue weighted by molar-refractivity contribution is 5.78. The van der Waals surface area contributed by atoms with Crippen molar-refractivity contribution in [3.05, 3.63) is 0 Å². The van der Waals surface area contributed by atoms with E-state index in [1.807, 2.05) is 18.9 Å². The summed E-state index contributed by atoms with van der Waals surface area (Å²) < 4.78 is 0. The van der Waals surface area contributed by atoms with Crippen molar-refractivity contribution in [3.8, 4) is 6.07 Å². The topological polar surface area (TPSA) is 56.1 Å². The Hall–Kier alpha value is -1.08. The van der Waals surface area contributed by atoms with Crippen molar-refractivity contribution < 1.29 is 4.79 Å². The van der Waals surface area contributed by atoms with Gasteiger partial charge in [-0.05, 0) is 32.7 Å². The van der Waals surface area contributed by atoms with Crippen molar-refractivity contribution in [2.24, 2.45) is 5.92 Å². The Morgan fingerprint density at radius 2 is 2.33 bits per heavy atom. The van der Waals surface area contributed by atoms with Crippen LogP contribution in [0.25, 0.3) is 0 Å². The van der Waals surface area contributed by atoms with Crippen molar-refractivity contribution in [2.45, 2.75) is 32.2 Å². The fraction of sp³-hybridized carbons (Fsp3) is 0.818. The van der Waals surface area contributed by atoms with Gasteiger partial charge in [0, 0.05) is 12.6 Å². The van der Waals surface area contributed by atoms with Crippen LogP contribution in [0.4, 0.5) is 0 Å². The van der Waals surface area contributed by atoms with Crippen LogP contribution in [0.15, 0.2) is 0 Å². The summed E-state index contributed by atoms with van der Waals surface area (Å²) in [6.07, 6.45) is 2.97. The number of amides is 1. The van der Waals surface area contributed by atoms with Crippen molar-refractivity contribution in [1.29, 1.82) is 5.26 Å². The molecule has 1 fully saturated rings. The Morgan fingerprint density at radius 1 is 1.67 bits per heavy atom. The average molecular weight is 209 g/mol. The SMILES string of the molecule is CC(CC#N)N(C)CC(=O)NCC1CC1. The van der Waals surface area contributed by atoms with Gasteiger partial charge in [0.15, 0.2) is 0 Å². The zero-order valence-electron chi connectivity index (χ0n) is 9.49. The Kier molecular flexibility index (Phi) is 4.57. The van der Waals surface area contributed by atoms with Gasteiger partial charge in [0.25, 0.3) is 0 Å². The number of rotatable bonds is 6. The zero-order chi connectivity index (χ0) is 11.3. The molecule has 0 aromatic heterocycles. The maximum absolute atomic E-state index is 11.5. The van der Waals surface area contributed by atoms with Crippen molar-refractivity contribution in [2.75, 3.05) is 20.1 Å². The molecular weight excluding hydrogens is 190 g/mol. The quantitative estimate of drug-likeness (QED) is 0.702. The minimum Gasteiger partial charge on any atom is -0.355 e. The maximum atomic E-state index is 11.5. The molecule has 1 N–H and O–H groups in total. The summed E-state index contributed by atoms with van der Waals surface area (Å²) in [6, 6.07) is 2.25. The summed E-state index contributed by atoms with van der Waals surface area (Å²) in [7, 11) is 1.87. The molecule has 0 radical (unpaired) electrons. The van der Waals surface area contributed by atoms with Crippen LogP contribution in [0.5, 0.6) is 0 Å². The predicted octanol–water partition coefficient (Wildman–Crippen LogP) is 0.747. The van der Waals surface area contributed by atoms with Crippen LogP contribution in [-0.4, -0.2) is 37.0 Å². The number of nitriles is 1. The highest BCUT2D eigenvalue weighted by Crippen LogP contribution is 2.27. The van der Waals surface area contributed by atoms with E-state index in [1.54, 1.807) is 0 Å². The molecule has 0 spiro atoms. The lowest BCUT2D eigenvalue weighted by molar-refractivity contribution is -0.122. The third-order valence-corrected chi connectivity index (χ3v) is 2.82. The molecule has 0 bridgehead atoms. The van der Waals surface area contributed by atoms with E-state index >= 15 is 0 Å². The van der Waals surface area contributed by atoms with Gasteiger partial charge >= 0.3 is 0 Å². The average Bonchev–Trinajstić information content (AvgIpc) is 2.98. The van der Waals surface area contributed by atoms with E-state index in [-0.39, 0.29) is 11.9 Å². The number of hydrogen-bond donors (Lipinski definition) is 1. The largest absolute Gasteiger partial charge is 0.355 e. The molecule has 0 heterocycles. The first-order valence-corrected chi connectivity index (χ1v) is 5.47. The zero-order valence-corrected chi connectivity index (χ0v) is 9.49. The minimum absolute atomic E-state index is 0.0641. The van der Waals surface area contributed by atoms with Gasteiger partial charge in [-0.2, -0.15) is 5.26 Å². The lowest BCUT2D eigenvalue weighted by Crippen LogP contribution is -2.39. The summed E-state index contributed by atoms with van der Waals surface area (Å²) in [5.74, 6) is 0.782. The monoisotopic (exact) mass is 209 g/mol. The molecule has 0 aromatic rings. The fourth-order valence-electron chi connectivity index (χ4n) is 1.31. The first-order valence-electron chi connectivity index (χ1n) is 5.47. The minimum atomic E-state index is 0.0641. The van der Waals surface area contributed by atoms with E-state index in [0.29, 0.717) is 13.0 Å². The summed E-state index contributed by atoms with van der Waals surface area (Å²) in [5, 5.41) is 11.4.